The first-order chi connectivity index (χ1) is 19.0. The van der Waals surface area contributed by atoms with Crippen molar-refractivity contribution in [1.29, 1.82) is 0 Å². The van der Waals surface area contributed by atoms with Crippen molar-refractivity contribution in [2.45, 2.75) is 26.4 Å². The quantitative estimate of drug-likeness (QED) is 0.247. The first kappa shape index (κ1) is 25.7. The number of amides is 1. The molecular formula is C31H30N6O2. The Kier molecular flexibility index (Phi) is 7.63. The minimum atomic E-state index is -0.354. The number of pyridine rings is 1. The van der Waals surface area contributed by atoms with E-state index < -0.39 is 0 Å². The molecular weight excluding hydrogens is 488 g/mol. The van der Waals surface area contributed by atoms with Crippen LogP contribution < -0.4 is 16.2 Å². The molecule has 0 aliphatic carbocycles. The van der Waals surface area contributed by atoms with E-state index in [0.717, 1.165) is 45.3 Å². The van der Waals surface area contributed by atoms with Gasteiger partial charge in [-0.3, -0.25) is 19.1 Å². The lowest BCUT2D eigenvalue weighted by Gasteiger charge is -2.16. The molecule has 0 atom stereocenters. The van der Waals surface area contributed by atoms with Crippen LogP contribution in [0, 0.1) is 0 Å². The number of nitrogens with one attached hydrogen (secondary N) is 3. The second-order valence-electron chi connectivity index (χ2n) is 9.44. The highest BCUT2D eigenvalue weighted by Crippen LogP contribution is 2.23. The Balaban J connectivity index is 1.38. The van der Waals surface area contributed by atoms with Gasteiger partial charge in [0.25, 0.3) is 5.56 Å². The average Bonchev–Trinajstić information content (AvgIpc) is 3.38. The number of H-pyrrole nitrogens is 1. The minimum absolute atomic E-state index is 0.150. The smallest absolute Gasteiger partial charge is 0.294 e. The van der Waals surface area contributed by atoms with Gasteiger partial charge in [0.1, 0.15) is 6.54 Å². The lowest BCUT2D eigenvalue weighted by Crippen LogP contribution is -2.34. The van der Waals surface area contributed by atoms with E-state index in [0.29, 0.717) is 18.8 Å². The fourth-order valence-electron chi connectivity index (χ4n) is 4.43. The standard InChI is InChI=1S/C31H30N6O2/c1-21(2)23-9-6-10-24(15-23)28-19-35-30(33-14-11-22-7-4-3-5-8-22)31(39)37(28)20-29(38)34-18-26-16-25-17-32-13-12-27(25)36-26/h3-10,12-13,15-17,19,36H,1,11,14,18,20H2,2H3,(H,33,35)(H,34,38). The summed E-state index contributed by atoms with van der Waals surface area (Å²) >= 11 is 0. The highest BCUT2D eigenvalue weighted by molar-refractivity contribution is 5.80. The molecule has 0 fully saturated rings. The Hall–Kier alpha value is -4.98. The zero-order chi connectivity index (χ0) is 27.2. The van der Waals surface area contributed by atoms with Gasteiger partial charge in [0.05, 0.1) is 18.4 Å². The van der Waals surface area contributed by atoms with Crippen molar-refractivity contribution in [2.24, 2.45) is 0 Å². The van der Waals surface area contributed by atoms with Crippen molar-refractivity contribution in [2.75, 3.05) is 11.9 Å². The summed E-state index contributed by atoms with van der Waals surface area (Å²) in [5, 5.41) is 7.05. The molecule has 3 N–H and O–H groups in total. The average molecular weight is 519 g/mol. The van der Waals surface area contributed by atoms with Gasteiger partial charge in [-0.25, -0.2) is 4.98 Å². The van der Waals surface area contributed by atoms with Crippen LogP contribution in [0.25, 0.3) is 27.7 Å². The Morgan fingerprint density at radius 1 is 1.05 bits per heavy atom. The van der Waals surface area contributed by atoms with E-state index in [4.69, 9.17) is 0 Å². The summed E-state index contributed by atoms with van der Waals surface area (Å²) in [6, 6.07) is 21.6. The highest BCUT2D eigenvalue weighted by atomic mass is 16.2. The summed E-state index contributed by atoms with van der Waals surface area (Å²) in [6.45, 7) is 6.65. The first-order valence-electron chi connectivity index (χ1n) is 12.8. The molecule has 2 aromatic carbocycles. The van der Waals surface area contributed by atoms with Gasteiger partial charge in [0.2, 0.25) is 5.91 Å². The summed E-state index contributed by atoms with van der Waals surface area (Å²) in [4.78, 5) is 38.5. The molecule has 0 spiro atoms. The number of carbonyl (C=O) groups is 1. The fourth-order valence-corrected chi connectivity index (χ4v) is 4.43. The van der Waals surface area contributed by atoms with Gasteiger partial charge >= 0.3 is 0 Å². The Morgan fingerprint density at radius 3 is 2.69 bits per heavy atom. The van der Waals surface area contributed by atoms with Crippen molar-refractivity contribution in [3.05, 3.63) is 119 Å². The predicted molar refractivity (Wildman–Crippen MR) is 155 cm³/mol. The Morgan fingerprint density at radius 2 is 1.90 bits per heavy atom. The molecule has 1 amide bonds. The van der Waals surface area contributed by atoms with Gasteiger partial charge in [-0.05, 0) is 42.7 Å². The molecule has 3 aromatic heterocycles. The zero-order valence-corrected chi connectivity index (χ0v) is 21.8. The molecule has 0 aliphatic heterocycles. The van der Waals surface area contributed by atoms with Gasteiger partial charge in [-0.1, -0.05) is 60.7 Å². The normalized spacial score (nSPS) is 10.9. The molecule has 5 rings (SSSR count). The molecule has 0 saturated heterocycles. The molecule has 8 heteroatoms. The third-order valence-corrected chi connectivity index (χ3v) is 6.51. The molecule has 0 radical (unpaired) electrons. The van der Waals surface area contributed by atoms with E-state index in [1.165, 1.54) is 4.57 Å². The Bertz CT molecular complexity index is 1650. The second kappa shape index (κ2) is 11.6. The van der Waals surface area contributed by atoms with Gasteiger partial charge in [0.15, 0.2) is 5.82 Å². The topological polar surface area (TPSA) is 105 Å². The van der Waals surface area contributed by atoms with E-state index >= 15 is 0 Å². The summed E-state index contributed by atoms with van der Waals surface area (Å²) in [6.07, 6.45) is 5.87. The number of anilines is 1. The van der Waals surface area contributed by atoms with Gasteiger partial charge < -0.3 is 15.6 Å². The number of carbonyl (C=O) groups excluding carboxylic acids is 1. The lowest BCUT2D eigenvalue weighted by atomic mass is 10.0. The maximum atomic E-state index is 13.6. The van der Waals surface area contributed by atoms with Crippen LogP contribution in [0.1, 0.15) is 23.7 Å². The predicted octanol–water partition coefficient (Wildman–Crippen LogP) is 4.79. The Labute approximate surface area is 226 Å². The van der Waals surface area contributed by atoms with E-state index in [1.54, 1.807) is 18.6 Å². The SMILES string of the molecule is C=C(C)c1cccc(-c2cnc(NCCc3ccccc3)c(=O)n2CC(=O)NCc2cc3cnccc3[nH]2)c1. The number of allylic oxidation sites excluding steroid dienone is 1. The van der Waals surface area contributed by atoms with Crippen molar-refractivity contribution in [3.63, 3.8) is 0 Å². The molecule has 8 nitrogen and oxygen atoms in total. The number of fused-ring (bicyclic) bond motifs is 1. The maximum Gasteiger partial charge on any atom is 0.294 e. The van der Waals surface area contributed by atoms with Crippen LogP contribution in [0.2, 0.25) is 0 Å². The third kappa shape index (κ3) is 6.13. The summed E-state index contributed by atoms with van der Waals surface area (Å²) in [5.41, 5.74) is 5.81. The molecule has 196 valence electrons. The van der Waals surface area contributed by atoms with Gasteiger partial charge in [0, 0.05) is 41.1 Å². The van der Waals surface area contributed by atoms with E-state index in [1.807, 2.05) is 73.7 Å². The van der Waals surface area contributed by atoms with Crippen molar-refractivity contribution in [3.8, 4) is 11.3 Å². The molecule has 5 aromatic rings. The maximum absolute atomic E-state index is 13.6. The minimum Gasteiger partial charge on any atom is -0.365 e. The molecule has 3 heterocycles. The van der Waals surface area contributed by atoms with Crippen LogP contribution in [-0.4, -0.2) is 32.0 Å². The van der Waals surface area contributed by atoms with Crippen LogP contribution in [0.4, 0.5) is 5.82 Å². The van der Waals surface area contributed by atoms with E-state index in [2.05, 4.69) is 32.2 Å². The van der Waals surface area contributed by atoms with E-state index in [9.17, 15) is 9.59 Å². The second-order valence-corrected chi connectivity index (χ2v) is 9.44. The largest absolute Gasteiger partial charge is 0.365 e. The van der Waals surface area contributed by atoms with Gasteiger partial charge in [-0.15, -0.1) is 0 Å². The summed E-state index contributed by atoms with van der Waals surface area (Å²) in [7, 11) is 0. The third-order valence-electron chi connectivity index (χ3n) is 6.51. The van der Waals surface area contributed by atoms with Crippen LogP contribution in [0.3, 0.4) is 0 Å². The van der Waals surface area contributed by atoms with Crippen molar-refractivity contribution < 1.29 is 4.79 Å². The number of nitrogens with zero attached hydrogens (tertiary/aromatic N) is 3. The monoisotopic (exact) mass is 518 g/mol. The number of aromatic nitrogens is 4. The number of benzene rings is 2. The number of aromatic amines is 1. The summed E-state index contributed by atoms with van der Waals surface area (Å²) < 4.78 is 1.47. The van der Waals surface area contributed by atoms with Crippen LogP contribution in [0.15, 0.2) is 96.7 Å². The van der Waals surface area contributed by atoms with E-state index in [-0.39, 0.29) is 23.8 Å². The first-order valence-corrected chi connectivity index (χ1v) is 12.8. The van der Waals surface area contributed by atoms with Crippen molar-refractivity contribution >= 4 is 28.2 Å². The number of rotatable bonds is 10. The molecule has 0 bridgehead atoms. The van der Waals surface area contributed by atoms with Crippen molar-refractivity contribution in [1.82, 2.24) is 24.8 Å². The zero-order valence-electron chi connectivity index (χ0n) is 21.8. The number of hydrogen-bond donors (Lipinski definition) is 3. The van der Waals surface area contributed by atoms with Crippen LogP contribution in [0.5, 0.6) is 0 Å². The number of hydrogen-bond acceptors (Lipinski definition) is 5. The highest BCUT2D eigenvalue weighted by Gasteiger charge is 2.16. The molecule has 0 aliphatic rings. The molecule has 0 saturated carbocycles. The van der Waals surface area contributed by atoms with Crippen LogP contribution >= 0.6 is 0 Å². The molecule has 0 unspecified atom stereocenters. The fraction of sp³-hybridized carbons (Fsp3) is 0.161. The van der Waals surface area contributed by atoms with Crippen LogP contribution in [-0.2, 0) is 24.3 Å². The summed E-state index contributed by atoms with van der Waals surface area (Å²) in [5.74, 6) is -0.0747. The van der Waals surface area contributed by atoms with Gasteiger partial charge in [-0.2, -0.15) is 0 Å². The lowest BCUT2D eigenvalue weighted by molar-refractivity contribution is -0.121. The molecule has 39 heavy (non-hydrogen) atoms.